The second-order valence-corrected chi connectivity index (χ2v) is 4.86. The van der Waals surface area contributed by atoms with Crippen LogP contribution >= 0.6 is 0 Å². The van der Waals surface area contributed by atoms with E-state index in [9.17, 15) is 4.39 Å². The van der Waals surface area contributed by atoms with E-state index in [1.54, 1.807) is 18.5 Å². The Bertz CT molecular complexity index is 727. The van der Waals surface area contributed by atoms with Crippen LogP contribution in [0.5, 0.6) is 5.75 Å². The van der Waals surface area contributed by atoms with Gasteiger partial charge in [0.1, 0.15) is 5.82 Å². The highest BCUT2D eigenvalue weighted by molar-refractivity contribution is 5.52. The van der Waals surface area contributed by atoms with Crippen LogP contribution in [0.3, 0.4) is 0 Å². The summed E-state index contributed by atoms with van der Waals surface area (Å²) in [6.07, 6.45) is 9.12. The van der Waals surface area contributed by atoms with Crippen LogP contribution in [0.2, 0.25) is 0 Å². The van der Waals surface area contributed by atoms with E-state index >= 15 is 0 Å². The molecule has 0 saturated carbocycles. The van der Waals surface area contributed by atoms with Crippen LogP contribution in [-0.4, -0.2) is 16.6 Å². The molecule has 0 aliphatic heterocycles. The number of nitrogens with zero attached hydrogens (tertiary/aromatic N) is 2. The van der Waals surface area contributed by atoms with E-state index in [4.69, 9.17) is 4.74 Å². The summed E-state index contributed by atoms with van der Waals surface area (Å²) in [6.45, 7) is 4.54. The Morgan fingerprint density at radius 1 is 1.17 bits per heavy atom. The quantitative estimate of drug-likeness (QED) is 0.775. The van der Waals surface area contributed by atoms with Crippen molar-refractivity contribution >= 4 is 6.08 Å². The van der Waals surface area contributed by atoms with Crippen molar-refractivity contribution < 1.29 is 9.13 Å². The van der Waals surface area contributed by atoms with Gasteiger partial charge in [0.2, 0.25) is 5.82 Å². The van der Waals surface area contributed by atoms with Gasteiger partial charge in [-0.2, -0.15) is 0 Å². The first-order chi connectivity index (χ1) is 11.2. The highest BCUT2D eigenvalue weighted by Gasteiger charge is 2.00. The number of aromatic nitrogens is 2. The zero-order valence-electron chi connectivity index (χ0n) is 13.3. The highest BCUT2D eigenvalue weighted by Crippen LogP contribution is 2.12. The van der Waals surface area contributed by atoms with Crippen LogP contribution < -0.4 is 4.74 Å². The second-order valence-electron chi connectivity index (χ2n) is 4.86. The molecule has 0 radical (unpaired) electrons. The first-order valence-electron chi connectivity index (χ1n) is 7.66. The number of allylic oxidation sites excluding steroid dienone is 1. The minimum absolute atomic E-state index is 0.329. The standard InChI is InChI=1S/C19H19FN2O/c1-3-5-6-7-15-8-9-16(18(20)12-15)10-11-19-21-13-17(14-22-19)23-4-2/h6-9,12-14H,3-5H2,1-2H3/b7-6+. The highest BCUT2D eigenvalue weighted by atomic mass is 19.1. The van der Waals surface area contributed by atoms with Gasteiger partial charge in [0.15, 0.2) is 5.75 Å². The second kappa shape index (κ2) is 8.70. The van der Waals surface area contributed by atoms with E-state index in [-0.39, 0.29) is 5.82 Å². The Labute approximate surface area is 136 Å². The third-order valence-corrected chi connectivity index (χ3v) is 3.01. The Kier molecular flexibility index (Phi) is 6.31. The average molecular weight is 310 g/mol. The maximum absolute atomic E-state index is 14.0. The topological polar surface area (TPSA) is 35.0 Å². The number of hydrogen-bond donors (Lipinski definition) is 0. The number of unbranched alkanes of at least 4 members (excludes halogenated alkanes) is 1. The van der Waals surface area contributed by atoms with Crippen molar-refractivity contribution in [1.82, 2.24) is 9.97 Å². The summed E-state index contributed by atoms with van der Waals surface area (Å²) in [5.41, 5.74) is 1.16. The average Bonchev–Trinajstić information content (AvgIpc) is 2.56. The molecule has 23 heavy (non-hydrogen) atoms. The molecule has 0 saturated heterocycles. The fraction of sp³-hybridized carbons (Fsp3) is 0.263. The number of ether oxygens (including phenoxy) is 1. The van der Waals surface area contributed by atoms with Crippen molar-refractivity contribution in [1.29, 1.82) is 0 Å². The summed E-state index contributed by atoms with van der Waals surface area (Å²) in [4.78, 5) is 8.13. The molecule has 0 spiro atoms. The minimum atomic E-state index is -0.345. The van der Waals surface area contributed by atoms with Crippen LogP contribution in [0.25, 0.3) is 6.08 Å². The van der Waals surface area contributed by atoms with Crippen LogP contribution in [0.15, 0.2) is 36.7 Å². The van der Waals surface area contributed by atoms with Gasteiger partial charge in [0, 0.05) is 0 Å². The first kappa shape index (κ1) is 16.7. The van der Waals surface area contributed by atoms with Crippen LogP contribution in [0.1, 0.15) is 43.6 Å². The summed E-state index contributed by atoms with van der Waals surface area (Å²) in [5.74, 6) is 6.10. The molecular weight excluding hydrogens is 291 g/mol. The Morgan fingerprint density at radius 2 is 1.96 bits per heavy atom. The molecule has 0 aliphatic carbocycles. The Balaban J connectivity index is 2.11. The molecule has 1 heterocycles. The molecule has 118 valence electrons. The maximum Gasteiger partial charge on any atom is 0.205 e. The largest absolute Gasteiger partial charge is 0.491 e. The van der Waals surface area contributed by atoms with Gasteiger partial charge in [-0.1, -0.05) is 37.5 Å². The molecule has 4 heteroatoms. The number of halogens is 1. The summed E-state index contributed by atoms with van der Waals surface area (Å²) in [7, 11) is 0. The molecular formula is C19H19FN2O. The molecule has 0 unspecified atom stereocenters. The van der Waals surface area contributed by atoms with E-state index in [2.05, 4.69) is 28.7 Å². The van der Waals surface area contributed by atoms with Crippen molar-refractivity contribution in [2.24, 2.45) is 0 Å². The van der Waals surface area contributed by atoms with Gasteiger partial charge in [0.25, 0.3) is 0 Å². The smallest absolute Gasteiger partial charge is 0.205 e. The van der Waals surface area contributed by atoms with Crippen LogP contribution in [0, 0.1) is 17.7 Å². The van der Waals surface area contributed by atoms with E-state index in [1.807, 2.05) is 25.1 Å². The van der Waals surface area contributed by atoms with Crippen LogP contribution in [-0.2, 0) is 0 Å². The molecule has 3 nitrogen and oxygen atoms in total. The van der Waals surface area contributed by atoms with Gasteiger partial charge in [0.05, 0.1) is 24.6 Å². The van der Waals surface area contributed by atoms with Crippen molar-refractivity contribution in [2.75, 3.05) is 6.61 Å². The fourth-order valence-corrected chi connectivity index (χ4v) is 1.87. The van der Waals surface area contributed by atoms with Crippen molar-refractivity contribution in [2.45, 2.75) is 26.7 Å². The predicted molar refractivity (Wildman–Crippen MR) is 89.5 cm³/mol. The van der Waals surface area contributed by atoms with Crippen molar-refractivity contribution in [3.63, 3.8) is 0 Å². The lowest BCUT2D eigenvalue weighted by Crippen LogP contribution is -1.95. The molecule has 0 amide bonds. The number of rotatable bonds is 5. The molecule has 0 atom stereocenters. The zero-order chi connectivity index (χ0) is 16.5. The first-order valence-corrected chi connectivity index (χ1v) is 7.66. The third kappa shape index (κ3) is 5.23. The maximum atomic E-state index is 14.0. The molecule has 2 rings (SSSR count). The van der Waals surface area contributed by atoms with Gasteiger partial charge < -0.3 is 4.74 Å². The van der Waals surface area contributed by atoms with E-state index in [1.165, 1.54) is 6.07 Å². The minimum Gasteiger partial charge on any atom is -0.491 e. The van der Waals surface area contributed by atoms with Gasteiger partial charge in [-0.05, 0) is 37.0 Å². The normalized spacial score (nSPS) is 10.4. The van der Waals surface area contributed by atoms with E-state index in [0.717, 1.165) is 18.4 Å². The third-order valence-electron chi connectivity index (χ3n) is 3.01. The molecule has 0 aliphatic rings. The predicted octanol–water partition coefficient (Wildman–Crippen LogP) is 4.23. The summed E-state index contributed by atoms with van der Waals surface area (Å²) in [5, 5.41) is 0. The van der Waals surface area contributed by atoms with Crippen LogP contribution in [0.4, 0.5) is 4.39 Å². The molecule has 0 bridgehead atoms. The summed E-state index contributed by atoms with van der Waals surface area (Å²) in [6, 6.07) is 5.00. The Morgan fingerprint density at radius 3 is 2.61 bits per heavy atom. The molecule has 1 aromatic heterocycles. The zero-order valence-corrected chi connectivity index (χ0v) is 13.3. The SMILES string of the molecule is CCC/C=C/c1ccc(C#Cc2ncc(OCC)cn2)c(F)c1. The van der Waals surface area contributed by atoms with Gasteiger partial charge in [-0.15, -0.1) is 0 Å². The van der Waals surface area contributed by atoms with Gasteiger partial charge in [-0.3, -0.25) is 0 Å². The lowest BCUT2D eigenvalue weighted by molar-refractivity contribution is 0.337. The monoisotopic (exact) mass is 310 g/mol. The fourth-order valence-electron chi connectivity index (χ4n) is 1.87. The summed E-state index contributed by atoms with van der Waals surface area (Å²) < 4.78 is 19.3. The van der Waals surface area contributed by atoms with Gasteiger partial charge >= 0.3 is 0 Å². The number of hydrogen-bond acceptors (Lipinski definition) is 3. The lowest BCUT2D eigenvalue weighted by atomic mass is 10.1. The molecule has 0 N–H and O–H groups in total. The lowest BCUT2D eigenvalue weighted by Gasteiger charge is -2.00. The molecule has 2 aromatic rings. The van der Waals surface area contributed by atoms with E-state index in [0.29, 0.717) is 23.7 Å². The van der Waals surface area contributed by atoms with Crippen molar-refractivity contribution in [3.8, 4) is 17.6 Å². The van der Waals surface area contributed by atoms with Crippen molar-refractivity contribution in [3.05, 3.63) is 59.4 Å². The molecule has 0 fully saturated rings. The summed E-state index contributed by atoms with van der Waals surface area (Å²) >= 11 is 0. The van der Waals surface area contributed by atoms with Gasteiger partial charge in [-0.25, -0.2) is 14.4 Å². The number of benzene rings is 1. The molecule has 1 aromatic carbocycles. The Hall–Kier alpha value is -2.67. The van der Waals surface area contributed by atoms with E-state index < -0.39 is 0 Å².